The van der Waals surface area contributed by atoms with Gasteiger partial charge in [-0.25, -0.2) is 9.97 Å². The first kappa shape index (κ1) is 18.7. The van der Waals surface area contributed by atoms with E-state index in [-0.39, 0.29) is 12.3 Å². The Balaban J connectivity index is 1.41. The second kappa shape index (κ2) is 8.14. The summed E-state index contributed by atoms with van der Waals surface area (Å²) in [6.07, 6.45) is 2.44. The van der Waals surface area contributed by atoms with Crippen LogP contribution >= 0.6 is 11.3 Å². The number of aromatic nitrogens is 2. The molecule has 1 fully saturated rings. The third-order valence-corrected chi connectivity index (χ3v) is 5.69. The number of amides is 1. The van der Waals surface area contributed by atoms with Gasteiger partial charge in [0.2, 0.25) is 11.8 Å². The zero-order valence-electron chi connectivity index (χ0n) is 16.1. The number of ether oxygens (including phenoxy) is 1. The van der Waals surface area contributed by atoms with E-state index in [0.29, 0.717) is 30.0 Å². The molecule has 146 valence electrons. The molecule has 1 aliphatic rings. The van der Waals surface area contributed by atoms with E-state index in [1.807, 2.05) is 41.5 Å². The largest absolute Gasteiger partial charge is 0.487 e. The molecule has 1 atom stereocenters. The van der Waals surface area contributed by atoms with Crippen LogP contribution in [0.5, 0.6) is 5.75 Å². The summed E-state index contributed by atoms with van der Waals surface area (Å²) >= 11 is 1.55. The topological polar surface area (TPSA) is 68.5 Å². The van der Waals surface area contributed by atoms with Gasteiger partial charge in [0.1, 0.15) is 18.1 Å². The van der Waals surface area contributed by atoms with Crippen molar-refractivity contribution in [2.24, 2.45) is 0 Å². The maximum Gasteiger partial charge on any atom is 0.228 e. The molecule has 0 saturated carbocycles. The summed E-state index contributed by atoms with van der Waals surface area (Å²) in [6.45, 7) is 5.25. The molecule has 2 aromatic heterocycles. The van der Waals surface area contributed by atoms with Gasteiger partial charge >= 0.3 is 0 Å². The molecule has 3 heterocycles. The summed E-state index contributed by atoms with van der Waals surface area (Å²) in [4.78, 5) is 23.3. The second-order valence-electron chi connectivity index (χ2n) is 7.07. The quantitative estimate of drug-likeness (QED) is 0.622. The number of likely N-dealkylation sites (tertiary alicyclic amines) is 1. The fourth-order valence-corrected chi connectivity index (χ4v) is 3.97. The van der Waals surface area contributed by atoms with E-state index >= 15 is 0 Å². The Labute approximate surface area is 168 Å². The number of nitrogens with zero attached hydrogens (tertiary/aromatic N) is 3. The first-order valence-corrected chi connectivity index (χ1v) is 10.4. The fourth-order valence-electron chi connectivity index (χ4n) is 3.42. The molecular weight excluding hydrogens is 374 g/mol. The molecule has 6 nitrogen and oxygen atoms in total. The van der Waals surface area contributed by atoms with Crippen molar-refractivity contribution in [3.05, 3.63) is 52.3 Å². The third kappa shape index (κ3) is 4.09. The summed E-state index contributed by atoms with van der Waals surface area (Å²) in [7, 11) is 0. The van der Waals surface area contributed by atoms with Gasteiger partial charge < -0.3 is 14.1 Å². The standard InChI is InChI=1S/C21H23N3O3S/c1-14-4-3-9-24(14)20(25)10-19-15(2)27-21(23-19)16-5-7-18(8-6-16)26-11-17-12-28-13-22-17/h5-8,12-14H,3-4,9-11H2,1-2H3. The van der Waals surface area contributed by atoms with Crippen LogP contribution in [-0.2, 0) is 17.8 Å². The lowest BCUT2D eigenvalue weighted by Gasteiger charge is -2.20. The molecule has 0 aliphatic carbocycles. The van der Waals surface area contributed by atoms with Crippen molar-refractivity contribution in [1.29, 1.82) is 0 Å². The Morgan fingerprint density at radius 3 is 2.86 bits per heavy atom. The van der Waals surface area contributed by atoms with E-state index in [0.717, 1.165) is 36.4 Å². The van der Waals surface area contributed by atoms with E-state index in [1.165, 1.54) is 0 Å². The van der Waals surface area contributed by atoms with Gasteiger partial charge in [-0.05, 0) is 51.0 Å². The zero-order chi connectivity index (χ0) is 19.5. The predicted molar refractivity (Wildman–Crippen MR) is 107 cm³/mol. The van der Waals surface area contributed by atoms with Crippen molar-refractivity contribution in [3.8, 4) is 17.2 Å². The lowest BCUT2D eigenvalue weighted by atomic mass is 10.2. The highest BCUT2D eigenvalue weighted by Gasteiger charge is 2.26. The van der Waals surface area contributed by atoms with Crippen molar-refractivity contribution >= 4 is 17.2 Å². The monoisotopic (exact) mass is 397 g/mol. The highest BCUT2D eigenvalue weighted by molar-refractivity contribution is 7.07. The molecule has 1 amide bonds. The van der Waals surface area contributed by atoms with Gasteiger partial charge in [0.15, 0.2) is 0 Å². The van der Waals surface area contributed by atoms with E-state index in [9.17, 15) is 4.79 Å². The Bertz CT molecular complexity index is 934. The number of thiazole rings is 1. The van der Waals surface area contributed by atoms with Crippen LogP contribution in [0, 0.1) is 6.92 Å². The minimum absolute atomic E-state index is 0.124. The minimum atomic E-state index is 0.124. The number of rotatable bonds is 6. The number of aryl methyl sites for hydroxylation is 1. The second-order valence-corrected chi connectivity index (χ2v) is 7.79. The predicted octanol–water partition coefficient (Wildman–Crippen LogP) is 4.24. The number of benzene rings is 1. The molecule has 3 aromatic rings. The molecule has 28 heavy (non-hydrogen) atoms. The smallest absolute Gasteiger partial charge is 0.228 e. The molecule has 7 heteroatoms. The average molecular weight is 398 g/mol. The highest BCUT2D eigenvalue weighted by Crippen LogP contribution is 2.26. The summed E-state index contributed by atoms with van der Waals surface area (Å²) in [5, 5.41) is 1.97. The number of carbonyl (C=O) groups is 1. The zero-order valence-corrected chi connectivity index (χ0v) is 16.9. The van der Waals surface area contributed by atoms with Crippen molar-refractivity contribution in [2.75, 3.05) is 6.54 Å². The van der Waals surface area contributed by atoms with Crippen LogP contribution in [-0.4, -0.2) is 33.4 Å². The molecule has 1 saturated heterocycles. The Morgan fingerprint density at radius 2 is 2.18 bits per heavy atom. The SMILES string of the molecule is Cc1oc(-c2ccc(OCc3cscn3)cc2)nc1CC(=O)N1CCCC1C. The Kier molecular flexibility index (Phi) is 5.43. The molecule has 4 rings (SSSR count). The molecule has 1 aromatic carbocycles. The lowest BCUT2D eigenvalue weighted by Crippen LogP contribution is -2.34. The van der Waals surface area contributed by atoms with Gasteiger partial charge in [0, 0.05) is 23.5 Å². The number of hydrogen-bond acceptors (Lipinski definition) is 6. The molecule has 0 radical (unpaired) electrons. The number of carbonyl (C=O) groups excluding carboxylic acids is 1. The van der Waals surface area contributed by atoms with Gasteiger partial charge in [-0.15, -0.1) is 11.3 Å². The van der Waals surface area contributed by atoms with Crippen molar-refractivity contribution < 1.29 is 13.9 Å². The van der Waals surface area contributed by atoms with Gasteiger partial charge in [0.25, 0.3) is 0 Å². The van der Waals surface area contributed by atoms with Gasteiger partial charge in [0.05, 0.1) is 23.3 Å². The van der Waals surface area contributed by atoms with Crippen molar-refractivity contribution in [3.63, 3.8) is 0 Å². The van der Waals surface area contributed by atoms with E-state index in [2.05, 4.69) is 16.9 Å². The van der Waals surface area contributed by atoms with Crippen LogP contribution < -0.4 is 4.74 Å². The first-order chi connectivity index (χ1) is 13.6. The van der Waals surface area contributed by atoms with Crippen LogP contribution in [0.4, 0.5) is 0 Å². The van der Waals surface area contributed by atoms with E-state index in [1.54, 1.807) is 16.8 Å². The Hall–Kier alpha value is -2.67. The Morgan fingerprint density at radius 1 is 1.36 bits per heavy atom. The third-order valence-electron chi connectivity index (χ3n) is 5.06. The summed E-state index contributed by atoms with van der Waals surface area (Å²) < 4.78 is 11.6. The first-order valence-electron chi connectivity index (χ1n) is 9.46. The molecule has 1 unspecified atom stereocenters. The van der Waals surface area contributed by atoms with Crippen LogP contribution in [0.25, 0.3) is 11.5 Å². The highest BCUT2D eigenvalue weighted by atomic mass is 32.1. The molecule has 0 spiro atoms. The fraction of sp³-hybridized carbons (Fsp3) is 0.381. The summed E-state index contributed by atoms with van der Waals surface area (Å²) in [5.74, 6) is 2.11. The minimum Gasteiger partial charge on any atom is -0.487 e. The van der Waals surface area contributed by atoms with Crippen LogP contribution in [0.2, 0.25) is 0 Å². The number of oxazole rings is 1. The molecule has 0 bridgehead atoms. The normalized spacial score (nSPS) is 16.5. The summed E-state index contributed by atoms with van der Waals surface area (Å²) in [6, 6.07) is 7.91. The maximum absolute atomic E-state index is 12.6. The van der Waals surface area contributed by atoms with Crippen LogP contribution in [0.1, 0.15) is 36.9 Å². The van der Waals surface area contributed by atoms with Crippen molar-refractivity contribution in [2.45, 2.75) is 45.8 Å². The van der Waals surface area contributed by atoms with Crippen molar-refractivity contribution in [1.82, 2.24) is 14.9 Å². The number of hydrogen-bond donors (Lipinski definition) is 0. The van der Waals surface area contributed by atoms with E-state index in [4.69, 9.17) is 9.15 Å². The van der Waals surface area contributed by atoms with Gasteiger partial charge in [-0.2, -0.15) is 0 Å². The average Bonchev–Trinajstić information content (AvgIpc) is 3.43. The lowest BCUT2D eigenvalue weighted by molar-refractivity contribution is -0.131. The van der Waals surface area contributed by atoms with Crippen LogP contribution in [0.15, 0.2) is 39.6 Å². The maximum atomic E-state index is 12.6. The molecular formula is C21H23N3O3S. The molecule has 1 aliphatic heterocycles. The van der Waals surface area contributed by atoms with Crippen LogP contribution in [0.3, 0.4) is 0 Å². The van der Waals surface area contributed by atoms with E-state index < -0.39 is 0 Å². The summed E-state index contributed by atoms with van der Waals surface area (Å²) in [5.41, 5.74) is 4.28. The van der Waals surface area contributed by atoms with Gasteiger partial charge in [-0.3, -0.25) is 4.79 Å². The molecule has 0 N–H and O–H groups in total. The van der Waals surface area contributed by atoms with Gasteiger partial charge in [-0.1, -0.05) is 0 Å².